The molecule has 0 N–H and O–H groups in total. The zero-order valence-electron chi connectivity index (χ0n) is 5.23. The number of alkyl halides is 1. The highest BCUT2D eigenvalue weighted by Crippen LogP contribution is 2.12. The zero-order valence-corrected chi connectivity index (χ0v) is 5.99. The van der Waals surface area contributed by atoms with Crippen LogP contribution >= 0.6 is 11.6 Å². The van der Waals surface area contributed by atoms with Crippen molar-refractivity contribution in [1.29, 1.82) is 0 Å². The summed E-state index contributed by atoms with van der Waals surface area (Å²) < 4.78 is 0. The van der Waals surface area contributed by atoms with E-state index < -0.39 is 0 Å². The Morgan fingerprint density at radius 3 is 2.75 bits per heavy atom. The molecule has 8 heavy (non-hydrogen) atoms. The average Bonchev–Trinajstić information content (AvgIpc) is 1.64. The SMILES string of the molecule is CN1CCC[C@@H](Cl)C1. The molecule has 1 aliphatic rings. The Balaban J connectivity index is 2.23. The lowest BCUT2D eigenvalue weighted by atomic mass is 10.1. The monoisotopic (exact) mass is 133 g/mol. The molecule has 0 aromatic carbocycles. The highest BCUT2D eigenvalue weighted by atomic mass is 35.5. The maximum Gasteiger partial charge on any atom is 0.0463 e. The number of nitrogens with zero attached hydrogens (tertiary/aromatic N) is 1. The first-order valence-corrected chi connectivity index (χ1v) is 3.55. The standard InChI is InChI=1S/C6H12ClN/c1-8-4-2-3-6(7)5-8/h6H,2-5H2,1H3/t6-/m1/s1. The third-order valence-corrected chi connectivity index (χ3v) is 1.92. The van der Waals surface area contributed by atoms with Crippen LogP contribution in [0.3, 0.4) is 0 Å². The van der Waals surface area contributed by atoms with E-state index in [1.54, 1.807) is 0 Å². The third-order valence-electron chi connectivity index (χ3n) is 1.57. The molecule has 0 aromatic rings. The van der Waals surface area contributed by atoms with Gasteiger partial charge < -0.3 is 4.90 Å². The predicted octanol–water partition coefficient (Wildman–Crippen LogP) is 1.32. The summed E-state index contributed by atoms with van der Waals surface area (Å²) in [6, 6.07) is 0. The molecule has 0 saturated carbocycles. The lowest BCUT2D eigenvalue weighted by Crippen LogP contribution is -2.32. The molecule has 1 rings (SSSR count). The van der Waals surface area contributed by atoms with E-state index in [1.165, 1.54) is 19.4 Å². The second kappa shape index (κ2) is 2.70. The topological polar surface area (TPSA) is 3.24 Å². The number of hydrogen-bond acceptors (Lipinski definition) is 1. The molecule has 0 bridgehead atoms. The van der Waals surface area contributed by atoms with E-state index in [4.69, 9.17) is 11.6 Å². The maximum atomic E-state index is 5.87. The van der Waals surface area contributed by atoms with Crippen LogP contribution in [0.2, 0.25) is 0 Å². The summed E-state index contributed by atoms with van der Waals surface area (Å²) in [5, 5.41) is 0.411. The Morgan fingerprint density at radius 2 is 2.38 bits per heavy atom. The third kappa shape index (κ3) is 1.64. The van der Waals surface area contributed by atoms with Crippen LogP contribution < -0.4 is 0 Å². The van der Waals surface area contributed by atoms with Gasteiger partial charge in [-0.25, -0.2) is 0 Å². The van der Waals surface area contributed by atoms with Crippen molar-refractivity contribution in [2.75, 3.05) is 20.1 Å². The van der Waals surface area contributed by atoms with Crippen LogP contribution in [0.1, 0.15) is 12.8 Å². The molecule has 0 amide bonds. The molecule has 1 nitrogen and oxygen atoms in total. The van der Waals surface area contributed by atoms with Gasteiger partial charge in [-0.15, -0.1) is 11.6 Å². The van der Waals surface area contributed by atoms with Crippen molar-refractivity contribution in [3.63, 3.8) is 0 Å². The summed E-state index contributed by atoms with van der Waals surface area (Å²) in [6.07, 6.45) is 2.47. The predicted molar refractivity (Wildman–Crippen MR) is 36.4 cm³/mol. The minimum absolute atomic E-state index is 0.411. The summed E-state index contributed by atoms with van der Waals surface area (Å²) in [5.41, 5.74) is 0. The number of rotatable bonds is 0. The van der Waals surface area contributed by atoms with E-state index >= 15 is 0 Å². The van der Waals surface area contributed by atoms with E-state index in [2.05, 4.69) is 11.9 Å². The van der Waals surface area contributed by atoms with Crippen molar-refractivity contribution in [3.05, 3.63) is 0 Å². The van der Waals surface area contributed by atoms with Gasteiger partial charge in [-0.05, 0) is 26.4 Å². The second-order valence-corrected chi connectivity index (χ2v) is 3.12. The molecule has 0 aromatic heterocycles. The van der Waals surface area contributed by atoms with Gasteiger partial charge in [0.1, 0.15) is 0 Å². The molecule has 48 valence electrons. The molecule has 0 aliphatic carbocycles. The van der Waals surface area contributed by atoms with Crippen molar-refractivity contribution in [2.24, 2.45) is 0 Å². The van der Waals surface area contributed by atoms with Gasteiger partial charge in [0.15, 0.2) is 0 Å². The Hall–Kier alpha value is 0.250. The van der Waals surface area contributed by atoms with Gasteiger partial charge in [-0.2, -0.15) is 0 Å². The number of piperidine rings is 1. The number of hydrogen-bond donors (Lipinski definition) is 0. The maximum absolute atomic E-state index is 5.87. The van der Waals surface area contributed by atoms with Crippen LogP contribution in [0.25, 0.3) is 0 Å². The lowest BCUT2D eigenvalue weighted by Gasteiger charge is -2.25. The van der Waals surface area contributed by atoms with Gasteiger partial charge in [0, 0.05) is 11.9 Å². The van der Waals surface area contributed by atoms with E-state index in [0.29, 0.717) is 5.38 Å². The van der Waals surface area contributed by atoms with Crippen molar-refractivity contribution in [1.82, 2.24) is 4.90 Å². The minimum Gasteiger partial charge on any atom is -0.305 e. The molecule has 0 spiro atoms. The first-order valence-electron chi connectivity index (χ1n) is 3.11. The van der Waals surface area contributed by atoms with Crippen LogP contribution in [0.5, 0.6) is 0 Å². The van der Waals surface area contributed by atoms with Crippen LogP contribution in [0, 0.1) is 0 Å². The van der Waals surface area contributed by atoms with Gasteiger partial charge in [0.25, 0.3) is 0 Å². The second-order valence-electron chi connectivity index (χ2n) is 2.50. The summed E-state index contributed by atoms with van der Waals surface area (Å²) >= 11 is 5.87. The summed E-state index contributed by atoms with van der Waals surface area (Å²) in [6.45, 7) is 2.30. The largest absolute Gasteiger partial charge is 0.305 e. The van der Waals surface area contributed by atoms with E-state index in [-0.39, 0.29) is 0 Å². The fourth-order valence-corrected chi connectivity index (χ4v) is 1.49. The molecule has 1 atom stereocenters. The molecule has 1 aliphatic heterocycles. The van der Waals surface area contributed by atoms with Crippen LogP contribution in [0.4, 0.5) is 0 Å². The Bertz CT molecular complexity index is 66.9. The molecule has 1 heterocycles. The van der Waals surface area contributed by atoms with Gasteiger partial charge in [-0.1, -0.05) is 0 Å². The summed E-state index contributed by atoms with van der Waals surface area (Å²) in [5.74, 6) is 0. The lowest BCUT2D eigenvalue weighted by molar-refractivity contribution is 0.281. The smallest absolute Gasteiger partial charge is 0.0463 e. The average molecular weight is 134 g/mol. The molecular weight excluding hydrogens is 122 g/mol. The first kappa shape index (κ1) is 6.37. The normalized spacial score (nSPS) is 33.0. The Morgan fingerprint density at radius 1 is 1.62 bits per heavy atom. The highest BCUT2D eigenvalue weighted by molar-refractivity contribution is 6.20. The summed E-state index contributed by atoms with van der Waals surface area (Å²) in [4.78, 5) is 2.28. The van der Waals surface area contributed by atoms with Crippen molar-refractivity contribution >= 4 is 11.6 Å². The van der Waals surface area contributed by atoms with Crippen molar-refractivity contribution in [2.45, 2.75) is 18.2 Å². The van der Waals surface area contributed by atoms with Gasteiger partial charge in [0.05, 0.1) is 0 Å². The van der Waals surface area contributed by atoms with E-state index in [0.717, 1.165) is 6.54 Å². The molecule has 0 radical (unpaired) electrons. The number of likely N-dealkylation sites (tertiary alicyclic amines) is 1. The first-order chi connectivity index (χ1) is 3.79. The quantitative estimate of drug-likeness (QED) is 0.451. The van der Waals surface area contributed by atoms with Crippen molar-refractivity contribution in [3.8, 4) is 0 Å². The fourth-order valence-electron chi connectivity index (χ4n) is 1.10. The Kier molecular flexibility index (Phi) is 2.15. The van der Waals surface area contributed by atoms with Crippen LogP contribution in [0.15, 0.2) is 0 Å². The zero-order chi connectivity index (χ0) is 5.98. The van der Waals surface area contributed by atoms with Crippen molar-refractivity contribution < 1.29 is 0 Å². The minimum atomic E-state index is 0.411. The Labute approximate surface area is 55.6 Å². The highest BCUT2D eigenvalue weighted by Gasteiger charge is 2.13. The van der Waals surface area contributed by atoms with Crippen LogP contribution in [-0.2, 0) is 0 Å². The van der Waals surface area contributed by atoms with Crippen LogP contribution in [-0.4, -0.2) is 30.4 Å². The fraction of sp³-hybridized carbons (Fsp3) is 1.00. The summed E-state index contributed by atoms with van der Waals surface area (Å²) in [7, 11) is 2.12. The molecule has 1 fully saturated rings. The van der Waals surface area contributed by atoms with Gasteiger partial charge in [-0.3, -0.25) is 0 Å². The van der Waals surface area contributed by atoms with Gasteiger partial charge in [0.2, 0.25) is 0 Å². The van der Waals surface area contributed by atoms with E-state index in [9.17, 15) is 0 Å². The molecule has 0 unspecified atom stereocenters. The van der Waals surface area contributed by atoms with E-state index in [1.807, 2.05) is 0 Å². The molecule has 2 heteroatoms. The molecule has 1 saturated heterocycles. The van der Waals surface area contributed by atoms with Gasteiger partial charge >= 0.3 is 0 Å². The molecular formula is C6H12ClN. The number of halogens is 1.